The first kappa shape index (κ1) is 36.9. The Morgan fingerprint density at radius 2 is 0.800 bits per heavy atom. The van der Waals surface area contributed by atoms with Crippen LogP contribution >= 0.6 is 0 Å². The quantitative estimate of drug-likeness (QED) is 0.159. The van der Waals surface area contributed by atoms with Crippen LogP contribution in [0.25, 0.3) is 0 Å². The highest BCUT2D eigenvalue weighted by Gasteiger charge is 2.19. The molecule has 0 atom stereocenters. The molecule has 1 aromatic rings. The van der Waals surface area contributed by atoms with Crippen molar-refractivity contribution in [3.05, 3.63) is 35.9 Å². The predicted molar refractivity (Wildman–Crippen MR) is 149 cm³/mol. The third-order valence-corrected chi connectivity index (χ3v) is 7.20. The van der Waals surface area contributed by atoms with E-state index in [0.717, 1.165) is 4.48 Å². The maximum Gasteiger partial charge on any atom is 0.128 e. The minimum atomic E-state index is 0. The summed E-state index contributed by atoms with van der Waals surface area (Å²) in [6.07, 6.45) is 24.3. The fraction of sp³-hybridized carbons (Fsp3) is 0.806. The first-order chi connectivity index (χ1) is 15.8. The molecule has 1 rings (SSSR count). The summed E-state index contributed by atoms with van der Waals surface area (Å²) in [7, 11) is 11.7. The van der Waals surface area contributed by atoms with Crippen molar-refractivity contribution in [2.24, 2.45) is 0 Å². The SMILES string of the molecule is C[N+](C)(C)CC[N+](C)(C)CCCCCCCCCCCCCCCCCCc1ccccc1.[Cl-].[Cl-]. The molecule has 0 amide bonds. The van der Waals surface area contributed by atoms with Crippen LogP contribution in [0.15, 0.2) is 30.3 Å². The zero-order valence-corrected chi connectivity index (χ0v) is 25.7. The number of hydrogen-bond donors (Lipinski definition) is 0. The second-order valence-electron chi connectivity index (χ2n) is 12.3. The third kappa shape index (κ3) is 25.2. The molecular weight excluding hydrogens is 471 g/mol. The van der Waals surface area contributed by atoms with Gasteiger partial charge in [0, 0.05) is 0 Å². The van der Waals surface area contributed by atoms with E-state index in [9.17, 15) is 0 Å². The maximum atomic E-state index is 2.41. The molecule has 0 aliphatic carbocycles. The van der Waals surface area contributed by atoms with E-state index in [1.165, 1.54) is 139 Å². The van der Waals surface area contributed by atoms with E-state index in [2.05, 4.69) is 65.6 Å². The second kappa shape index (κ2) is 22.9. The molecule has 4 heteroatoms. The van der Waals surface area contributed by atoms with Gasteiger partial charge in [-0.25, -0.2) is 0 Å². The van der Waals surface area contributed by atoms with Gasteiger partial charge in [-0.15, -0.1) is 0 Å². The van der Waals surface area contributed by atoms with Gasteiger partial charge >= 0.3 is 0 Å². The van der Waals surface area contributed by atoms with E-state index in [1.54, 1.807) is 0 Å². The fourth-order valence-electron chi connectivity index (χ4n) is 4.67. The van der Waals surface area contributed by atoms with Crippen molar-refractivity contribution in [2.75, 3.05) is 54.9 Å². The van der Waals surface area contributed by atoms with Crippen molar-refractivity contribution in [3.8, 4) is 0 Å². The van der Waals surface area contributed by atoms with Crippen molar-refractivity contribution in [2.45, 2.75) is 109 Å². The van der Waals surface area contributed by atoms with Crippen LogP contribution in [0.3, 0.4) is 0 Å². The van der Waals surface area contributed by atoms with Gasteiger partial charge in [-0.05, 0) is 31.2 Å². The molecule has 0 bridgehead atoms. The minimum Gasteiger partial charge on any atom is -1.00 e. The van der Waals surface area contributed by atoms with Crippen LogP contribution in [-0.4, -0.2) is 63.8 Å². The summed E-state index contributed by atoms with van der Waals surface area (Å²) in [6, 6.07) is 11.0. The molecule has 0 radical (unpaired) electrons. The molecule has 0 spiro atoms. The molecule has 1 aromatic carbocycles. The Balaban J connectivity index is 0. The van der Waals surface area contributed by atoms with Crippen LogP contribution in [0.2, 0.25) is 0 Å². The Labute approximate surface area is 233 Å². The van der Waals surface area contributed by atoms with E-state index in [4.69, 9.17) is 0 Å². The Morgan fingerprint density at radius 3 is 1.20 bits per heavy atom. The van der Waals surface area contributed by atoms with E-state index in [-0.39, 0.29) is 24.8 Å². The van der Waals surface area contributed by atoms with E-state index >= 15 is 0 Å². The monoisotopic (exact) mass is 530 g/mol. The van der Waals surface area contributed by atoms with Crippen LogP contribution in [0.4, 0.5) is 0 Å². The first-order valence-electron chi connectivity index (χ1n) is 14.4. The first-order valence-corrected chi connectivity index (χ1v) is 14.4. The average Bonchev–Trinajstić information content (AvgIpc) is 2.77. The Morgan fingerprint density at radius 1 is 0.429 bits per heavy atom. The van der Waals surface area contributed by atoms with Gasteiger partial charge in [-0.3, -0.25) is 0 Å². The van der Waals surface area contributed by atoms with Crippen LogP contribution in [0.1, 0.15) is 108 Å². The Bertz CT molecular complexity index is 555. The van der Waals surface area contributed by atoms with Crippen LogP contribution < -0.4 is 24.8 Å². The lowest BCUT2D eigenvalue weighted by Gasteiger charge is -2.33. The lowest BCUT2D eigenvalue weighted by molar-refractivity contribution is -0.937. The van der Waals surface area contributed by atoms with Gasteiger partial charge < -0.3 is 33.8 Å². The molecule has 0 aliphatic heterocycles. The number of rotatable bonds is 22. The summed E-state index contributed by atoms with van der Waals surface area (Å²) in [4.78, 5) is 0. The van der Waals surface area contributed by atoms with Crippen LogP contribution in [-0.2, 0) is 6.42 Å². The fourth-order valence-corrected chi connectivity index (χ4v) is 4.67. The molecule has 0 heterocycles. The molecule has 0 aliphatic rings. The van der Waals surface area contributed by atoms with E-state index < -0.39 is 0 Å². The van der Waals surface area contributed by atoms with Crippen LogP contribution in [0, 0.1) is 0 Å². The number of halogens is 2. The summed E-state index contributed by atoms with van der Waals surface area (Å²) < 4.78 is 2.26. The molecule has 0 aromatic heterocycles. The van der Waals surface area contributed by atoms with Gasteiger partial charge in [0.25, 0.3) is 0 Å². The van der Waals surface area contributed by atoms with Gasteiger partial charge in [-0.1, -0.05) is 114 Å². The van der Waals surface area contributed by atoms with Crippen molar-refractivity contribution in [1.82, 2.24) is 0 Å². The summed E-state index contributed by atoms with van der Waals surface area (Å²) in [5.74, 6) is 0. The molecule has 0 saturated heterocycles. The molecule has 0 fully saturated rings. The van der Waals surface area contributed by atoms with Gasteiger partial charge in [0.2, 0.25) is 0 Å². The molecular formula is C31H60Cl2N2. The highest BCUT2D eigenvalue weighted by molar-refractivity contribution is 5.14. The highest BCUT2D eigenvalue weighted by atomic mass is 35.5. The zero-order valence-electron chi connectivity index (χ0n) is 24.2. The summed E-state index contributed by atoms with van der Waals surface area (Å²) >= 11 is 0. The second-order valence-corrected chi connectivity index (χ2v) is 12.3. The smallest absolute Gasteiger partial charge is 0.128 e. The molecule has 35 heavy (non-hydrogen) atoms. The largest absolute Gasteiger partial charge is 1.00 e. The lowest BCUT2D eigenvalue weighted by Crippen LogP contribution is -3.00. The zero-order chi connectivity index (χ0) is 24.3. The number of hydrogen-bond acceptors (Lipinski definition) is 0. The van der Waals surface area contributed by atoms with Crippen LogP contribution in [0.5, 0.6) is 0 Å². The Kier molecular flexibility index (Phi) is 24.1. The van der Waals surface area contributed by atoms with Gasteiger partial charge in [0.05, 0.1) is 41.8 Å². The Hall–Kier alpha value is -0.280. The van der Waals surface area contributed by atoms with Crippen molar-refractivity contribution in [3.63, 3.8) is 0 Å². The number of quaternary nitrogens is 2. The normalized spacial score (nSPS) is 11.7. The molecule has 0 unspecified atom stereocenters. The average molecular weight is 532 g/mol. The van der Waals surface area contributed by atoms with Gasteiger partial charge in [0.1, 0.15) is 13.1 Å². The van der Waals surface area contributed by atoms with Crippen molar-refractivity contribution < 1.29 is 33.8 Å². The highest BCUT2D eigenvalue weighted by Crippen LogP contribution is 2.15. The minimum absolute atomic E-state index is 0. The van der Waals surface area contributed by atoms with Crippen molar-refractivity contribution >= 4 is 0 Å². The lowest BCUT2D eigenvalue weighted by atomic mass is 10.0. The molecule has 2 nitrogen and oxygen atoms in total. The standard InChI is InChI=1S/C31H60N2.2ClH/c1-32(2,3)29-30-33(4,5)28-24-19-17-15-13-11-9-7-6-8-10-12-14-16-18-21-25-31-26-22-20-23-27-31;;/h20,22-23,26-27H,6-19,21,24-25,28-30H2,1-5H3;2*1H/q+2;;/p-2. The topological polar surface area (TPSA) is 0 Å². The number of aryl methyl sites for hydroxylation is 1. The van der Waals surface area contributed by atoms with Gasteiger partial charge in [0.15, 0.2) is 0 Å². The van der Waals surface area contributed by atoms with E-state index in [0.29, 0.717) is 0 Å². The molecule has 0 saturated carbocycles. The van der Waals surface area contributed by atoms with Crippen molar-refractivity contribution in [1.29, 1.82) is 0 Å². The summed E-state index contributed by atoms with van der Waals surface area (Å²) in [6.45, 7) is 3.90. The molecule has 208 valence electrons. The number of nitrogens with zero attached hydrogens (tertiary/aromatic N) is 2. The summed E-state index contributed by atoms with van der Waals surface area (Å²) in [5.41, 5.74) is 1.50. The maximum absolute atomic E-state index is 2.41. The molecule has 0 N–H and O–H groups in total. The van der Waals surface area contributed by atoms with Gasteiger partial charge in [-0.2, -0.15) is 0 Å². The number of likely N-dealkylation sites (N-methyl/N-ethyl adjacent to an activating group) is 2. The summed E-state index contributed by atoms with van der Waals surface area (Å²) in [5, 5.41) is 0. The predicted octanol–water partition coefficient (Wildman–Crippen LogP) is 2.26. The number of unbranched alkanes of at least 4 members (excludes halogenated alkanes) is 15. The van der Waals surface area contributed by atoms with E-state index in [1.807, 2.05) is 0 Å². The third-order valence-electron chi connectivity index (χ3n) is 7.20. The number of benzene rings is 1.